The molecule has 0 radical (unpaired) electrons. The summed E-state index contributed by atoms with van der Waals surface area (Å²) in [6.07, 6.45) is 3.72. The second-order valence-electron chi connectivity index (χ2n) is 6.68. The smallest absolute Gasteiger partial charge is 0.123 e. The molecular weight excluding hydrogens is 249 g/mol. The topological polar surface area (TPSA) is 12.9 Å². The van der Waals surface area contributed by atoms with E-state index in [-0.39, 0.29) is 17.2 Å². The Kier molecular flexibility index (Phi) is 3.12. The van der Waals surface area contributed by atoms with Crippen molar-refractivity contribution < 1.29 is 4.39 Å². The van der Waals surface area contributed by atoms with Gasteiger partial charge in [0.05, 0.1) is 0 Å². The number of hydrogen-bond acceptors (Lipinski definition) is 1. The van der Waals surface area contributed by atoms with Crippen molar-refractivity contribution in [3.8, 4) is 0 Å². The standard InChI is InChI=1S/C18H20FN/c1-18(2,3)17-14-5-4-10-20-16(14)9-7-12-6-8-13(19)11-15(12)17/h4-6,8,10-11,17H,7,9H2,1-3H3. The van der Waals surface area contributed by atoms with Crippen LogP contribution in [0.2, 0.25) is 0 Å². The second kappa shape index (κ2) is 4.69. The lowest BCUT2D eigenvalue weighted by Gasteiger charge is -2.32. The van der Waals surface area contributed by atoms with Crippen LogP contribution in [-0.4, -0.2) is 4.98 Å². The van der Waals surface area contributed by atoms with Crippen LogP contribution in [0, 0.1) is 11.2 Å². The number of pyridine rings is 1. The SMILES string of the molecule is CC(C)(C)C1c2cc(F)ccc2CCc2ncccc21. The summed E-state index contributed by atoms with van der Waals surface area (Å²) >= 11 is 0. The molecule has 1 aliphatic carbocycles. The summed E-state index contributed by atoms with van der Waals surface area (Å²) in [4.78, 5) is 4.55. The zero-order valence-electron chi connectivity index (χ0n) is 12.3. The Morgan fingerprint density at radius 3 is 2.65 bits per heavy atom. The van der Waals surface area contributed by atoms with Gasteiger partial charge in [0, 0.05) is 17.8 Å². The van der Waals surface area contributed by atoms with Gasteiger partial charge < -0.3 is 0 Å². The van der Waals surface area contributed by atoms with Crippen LogP contribution in [0.25, 0.3) is 0 Å². The lowest BCUT2D eigenvalue weighted by Crippen LogP contribution is -2.21. The minimum atomic E-state index is -0.148. The predicted octanol–water partition coefficient (Wildman–Crippen LogP) is 4.50. The summed E-state index contributed by atoms with van der Waals surface area (Å²) in [6, 6.07) is 9.37. The highest BCUT2D eigenvalue weighted by molar-refractivity contribution is 5.44. The first kappa shape index (κ1) is 13.3. The first-order valence-electron chi connectivity index (χ1n) is 7.19. The third-order valence-corrected chi connectivity index (χ3v) is 4.15. The van der Waals surface area contributed by atoms with E-state index in [1.54, 1.807) is 12.1 Å². The number of aryl methyl sites for hydroxylation is 2. The van der Waals surface area contributed by atoms with Crippen molar-refractivity contribution in [2.45, 2.75) is 39.5 Å². The molecule has 1 aromatic carbocycles. The zero-order valence-corrected chi connectivity index (χ0v) is 12.3. The second-order valence-corrected chi connectivity index (χ2v) is 6.68. The number of benzene rings is 1. The van der Waals surface area contributed by atoms with Crippen LogP contribution < -0.4 is 0 Å². The van der Waals surface area contributed by atoms with Crippen LogP contribution in [0.5, 0.6) is 0 Å². The Morgan fingerprint density at radius 2 is 1.90 bits per heavy atom. The minimum absolute atomic E-state index is 0.0324. The van der Waals surface area contributed by atoms with Crippen molar-refractivity contribution in [3.63, 3.8) is 0 Å². The van der Waals surface area contributed by atoms with E-state index in [2.05, 4.69) is 31.8 Å². The normalized spacial score (nSPS) is 18.1. The highest BCUT2D eigenvalue weighted by Gasteiger charge is 2.33. The fourth-order valence-electron chi connectivity index (χ4n) is 3.34. The summed E-state index contributed by atoms with van der Waals surface area (Å²) < 4.78 is 13.7. The predicted molar refractivity (Wildman–Crippen MR) is 79.3 cm³/mol. The van der Waals surface area contributed by atoms with Gasteiger partial charge in [-0.1, -0.05) is 32.9 Å². The monoisotopic (exact) mass is 269 g/mol. The Hall–Kier alpha value is -1.70. The quantitative estimate of drug-likeness (QED) is 0.686. The van der Waals surface area contributed by atoms with E-state index in [0.29, 0.717) is 0 Å². The van der Waals surface area contributed by atoms with Crippen molar-refractivity contribution in [2.75, 3.05) is 0 Å². The Balaban J connectivity index is 2.27. The molecule has 0 amide bonds. The summed E-state index contributed by atoms with van der Waals surface area (Å²) in [5.74, 6) is 0.0461. The maximum Gasteiger partial charge on any atom is 0.123 e. The first-order valence-corrected chi connectivity index (χ1v) is 7.19. The van der Waals surface area contributed by atoms with Crippen LogP contribution in [-0.2, 0) is 12.8 Å². The average Bonchev–Trinajstić information content (AvgIpc) is 2.54. The van der Waals surface area contributed by atoms with Gasteiger partial charge in [-0.25, -0.2) is 4.39 Å². The summed E-state index contributed by atoms with van der Waals surface area (Å²) in [5.41, 5.74) is 4.83. The molecule has 0 aliphatic heterocycles. The molecule has 1 heterocycles. The fourth-order valence-corrected chi connectivity index (χ4v) is 3.34. The number of nitrogens with zero attached hydrogens (tertiary/aromatic N) is 1. The lowest BCUT2D eigenvalue weighted by molar-refractivity contribution is 0.356. The molecule has 0 saturated carbocycles. The molecule has 3 rings (SSSR count). The Morgan fingerprint density at radius 1 is 1.10 bits per heavy atom. The van der Waals surface area contributed by atoms with Crippen molar-refractivity contribution in [3.05, 3.63) is 64.7 Å². The van der Waals surface area contributed by atoms with Gasteiger partial charge in [0.15, 0.2) is 0 Å². The Bertz CT molecular complexity index is 640. The molecule has 1 unspecified atom stereocenters. The van der Waals surface area contributed by atoms with Crippen molar-refractivity contribution in [2.24, 2.45) is 5.41 Å². The molecule has 1 nitrogen and oxygen atoms in total. The molecule has 2 aromatic rings. The Labute approximate surface area is 119 Å². The first-order chi connectivity index (χ1) is 9.47. The van der Waals surface area contributed by atoms with Gasteiger partial charge in [-0.3, -0.25) is 4.98 Å². The molecule has 0 fully saturated rings. The molecule has 1 aromatic heterocycles. The van der Waals surface area contributed by atoms with E-state index >= 15 is 0 Å². The molecule has 0 N–H and O–H groups in total. The third-order valence-electron chi connectivity index (χ3n) is 4.15. The molecule has 0 saturated heterocycles. The maximum absolute atomic E-state index is 13.7. The van der Waals surface area contributed by atoms with Crippen molar-refractivity contribution in [1.82, 2.24) is 4.98 Å². The van der Waals surface area contributed by atoms with Crippen LogP contribution in [0.15, 0.2) is 36.5 Å². The van der Waals surface area contributed by atoms with E-state index in [1.165, 1.54) is 11.1 Å². The number of aromatic nitrogens is 1. The fraction of sp³-hybridized carbons (Fsp3) is 0.389. The van der Waals surface area contributed by atoms with Crippen LogP contribution in [0.4, 0.5) is 4.39 Å². The average molecular weight is 269 g/mol. The lowest BCUT2D eigenvalue weighted by atomic mass is 9.72. The molecule has 1 aliphatic rings. The molecule has 104 valence electrons. The zero-order chi connectivity index (χ0) is 14.3. The molecule has 1 atom stereocenters. The van der Waals surface area contributed by atoms with E-state index in [4.69, 9.17) is 0 Å². The maximum atomic E-state index is 13.7. The minimum Gasteiger partial charge on any atom is -0.261 e. The number of rotatable bonds is 0. The molecule has 0 spiro atoms. The van der Waals surface area contributed by atoms with Gasteiger partial charge in [0.25, 0.3) is 0 Å². The number of hydrogen-bond donors (Lipinski definition) is 0. The van der Waals surface area contributed by atoms with E-state index in [0.717, 1.165) is 24.1 Å². The summed E-state index contributed by atoms with van der Waals surface area (Å²) in [5, 5.41) is 0. The number of fused-ring (bicyclic) bond motifs is 2. The molecule has 0 bridgehead atoms. The van der Waals surface area contributed by atoms with E-state index < -0.39 is 0 Å². The van der Waals surface area contributed by atoms with Gasteiger partial charge in [-0.15, -0.1) is 0 Å². The van der Waals surface area contributed by atoms with Gasteiger partial charge in [0.2, 0.25) is 0 Å². The number of halogens is 1. The summed E-state index contributed by atoms with van der Waals surface area (Å²) in [7, 11) is 0. The molecule has 20 heavy (non-hydrogen) atoms. The highest BCUT2D eigenvalue weighted by atomic mass is 19.1. The van der Waals surface area contributed by atoms with Crippen LogP contribution in [0.1, 0.15) is 49.1 Å². The van der Waals surface area contributed by atoms with Gasteiger partial charge >= 0.3 is 0 Å². The van der Waals surface area contributed by atoms with Crippen LogP contribution in [0.3, 0.4) is 0 Å². The van der Waals surface area contributed by atoms with E-state index in [1.807, 2.05) is 18.3 Å². The third kappa shape index (κ3) is 2.24. The van der Waals surface area contributed by atoms with Gasteiger partial charge in [0.1, 0.15) is 5.82 Å². The van der Waals surface area contributed by atoms with Crippen molar-refractivity contribution >= 4 is 0 Å². The van der Waals surface area contributed by atoms with Gasteiger partial charge in [-0.05, 0) is 53.1 Å². The van der Waals surface area contributed by atoms with Crippen molar-refractivity contribution in [1.29, 1.82) is 0 Å². The van der Waals surface area contributed by atoms with E-state index in [9.17, 15) is 4.39 Å². The highest BCUT2D eigenvalue weighted by Crippen LogP contribution is 2.44. The summed E-state index contributed by atoms with van der Waals surface area (Å²) in [6.45, 7) is 6.65. The molecule has 2 heteroatoms. The van der Waals surface area contributed by atoms with Crippen LogP contribution >= 0.6 is 0 Å². The van der Waals surface area contributed by atoms with Gasteiger partial charge in [-0.2, -0.15) is 0 Å². The molecular formula is C18H20FN. The largest absolute Gasteiger partial charge is 0.261 e.